The van der Waals surface area contributed by atoms with Gasteiger partial charge in [0.15, 0.2) is 0 Å². The number of nitrogens with one attached hydrogen (secondary N) is 1. The molecule has 1 fully saturated rings. The number of allylic oxidation sites excluding steroid dienone is 2. The quantitative estimate of drug-likeness (QED) is 0.826. The molecule has 4 heteroatoms. The van der Waals surface area contributed by atoms with Gasteiger partial charge >= 0.3 is 5.97 Å². The van der Waals surface area contributed by atoms with Gasteiger partial charge in [-0.25, -0.2) is 9.18 Å². The number of fused-ring (bicyclic) bond motifs is 2. The molecular weight excluding hydrogens is 257 g/mol. The zero-order chi connectivity index (χ0) is 14.3. The van der Waals surface area contributed by atoms with Gasteiger partial charge in [0, 0.05) is 11.7 Å². The molecule has 0 radical (unpaired) electrons. The van der Waals surface area contributed by atoms with Gasteiger partial charge in [0.25, 0.3) is 0 Å². The Labute approximate surface area is 117 Å². The van der Waals surface area contributed by atoms with E-state index in [-0.39, 0.29) is 11.6 Å². The summed E-state index contributed by atoms with van der Waals surface area (Å²) in [4.78, 5) is 10.9. The van der Waals surface area contributed by atoms with Gasteiger partial charge in [-0.15, -0.1) is 0 Å². The van der Waals surface area contributed by atoms with E-state index >= 15 is 0 Å². The number of carboxylic acids is 1. The van der Waals surface area contributed by atoms with Crippen LogP contribution in [0.3, 0.4) is 0 Å². The molecule has 3 nitrogen and oxygen atoms in total. The zero-order valence-corrected chi connectivity index (χ0v) is 11.3. The summed E-state index contributed by atoms with van der Waals surface area (Å²) in [6.07, 6.45) is 7.02. The minimum Gasteiger partial charge on any atom is -0.478 e. The van der Waals surface area contributed by atoms with Crippen LogP contribution in [0.1, 0.15) is 30.1 Å². The van der Waals surface area contributed by atoms with Crippen molar-refractivity contribution in [2.45, 2.75) is 25.8 Å². The molecule has 0 aliphatic heterocycles. The molecule has 1 aromatic rings. The molecule has 2 aliphatic carbocycles. The fraction of sp³-hybridized carbons (Fsp3) is 0.438. The van der Waals surface area contributed by atoms with Crippen molar-refractivity contribution in [2.75, 3.05) is 5.32 Å². The zero-order valence-electron chi connectivity index (χ0n) is 11.3. The summed E-state index contributed by atoms with van der Waals surface area (Å²) in [7, 11) is 0. The smallest absolute Gasteiger partial charge is 0.338 e. The Hall–Kier alpha value is -1.84. The maximum absolute atomic E-state index is 13.4. The van der Waals surface area contributed by atoms with E-state index in [1.54, 1.807) is 6.07 Å². The highest BCUT2D eigenvalue weighted by Crippen LogP contribution is 2.45. The number of carboxylic acid groups (broad SMARTS) is 1. The van der Waals surface area contributed by atoms with E-state index in [4.69, 9.17) is 5.11 Å². The minimum absolute atomic E-state index is 0.252. The van der Waals surface area contributed by atoms with Crippen molar-refractivity contribution >= 4 is 11.7 Å². The Bertz CT molecular complexity index is 570. The van der Waals surface area contributed by atoms with E-state index in [9.17, 15) is 9.18 Å². The highest BCUT2D eigenvalue weighted by Gasteiger charge is 2.38. The van der Waals surface area contributed by atoms with E-state index in [1.807, 2.05) is 0 Å². The van der Waals surface area contributed by atoms with E-state index in [1.165, 1.54) is 25.0 Å². The van der Waals surface area contributed by atoms with Gasteiger partial charge in [0.1, 0.15) is 5.82 Å². The molecule has 2 bridgehead atoms. The molecule has 4 atom stereocenters. The third-order valence-electron chi connectivity index (χ3n) is 4.56. The summed E-state index contributed by atoms with van der Waals surface area (Å²) >= 11 is 0. The lowest BCUT2D eigenvalue weighted by atomic mass is 9.87. The highest BCUT2D eigenvalue weighted by molar-refractivity contribution is 5.89. The molecule has 1 saturated carbocycles. The molecule has 0 aromatic heterocycles. The monoisotopic (exact) mass is 275 g/mol. The number of benzene rings is 1. The van der Waals surface area contributed by atoms with Gasteiger partial charge in [-0.2, -0.15) is 0 Å². The lowest BCUT2D eigenvalue weighted by molar-refractivity contribution is 0.0692. The fourth-order valence-electron chi connectivity index (χ4n) is 3.55. The highest BCUT2D eigenvalue weighted by atomic mass is 19.1. The maximum Gasteiger partial charge on any atom is 0.338 e. The first-order valence-electron chi connectivity index (χ1n) is 7.02. The molecule has 20 heavy (non-hydrogen) atoms. The van der Waals surface area contributed by atoms with Crippen molar-refractivity contribution in [3.05, 3.63) is 41.7 Å². The van der Waals surface area contributed by atoms with Gasteiger partial charge in [0.2, 0.25) is 0 Å². The standard InChI is InChI=1S/C16H18FNO2/c1-9(13-7-10-2-3-11(13)6-10)18-12-4-5-15(17)14(8-12)16(19)20/h2-5,8-11,13,18H,6-7H2,1H3,(H,19,20). The van der Waals surface area contributed by atoms with E-state index in [2.05, 4.69) is 24.4 Å². The summed E-state index contributed by atoms with van der Waals surface area (Å²) in [5.41, 5.74) is 0.387. The Morgan fingerprint density at radius 3 is 2.80 bits per heavy atom. The Morgan fingerprint density at radius 1 is 1.40 bits per heavy atom. The van der Waals surface area contributed by atoms with Crippen LogP contribution in [0.25, 0.3) is 0 Å². The molecule has 3 rings (SSSR count). The van der Waals surface area contributed by atoms with Gasteiger partial charge in [0.05, 0.1) is 5.56 Å². The van der Waals surface area contributed by atoms with Crippen LogP contribution in [0.15, 0.2) is 30.4 Å². The number of rotatable bonds is 4. The third kappa shape index (κ3) is 2.30. The number of hydrogen-bond acceptors (Lipinski definition) is 2. The largest absolute Gasteiger partial charge is 0.478 e. The molecule has 0 amide bonds. The van der Waals surface area contributed by atoms with Crippen molar-refractivity contribution in [2.24, 2.45) is 17.8 Å². The topological polar surface area (TPSA) is 49.3 Å². The average molecular weight is 275 g/mol. The molecule has 2 aliphatic rings. The van der Waals surface area contributed by atoms with Crippen LogP contribution in [0.4, 0.5) is 10.1 Å². The van der Waals surface area contributed by atoms with Crippen molar-refractivity contribution in [1.82, 2.24) is 0 Å². The molecular formula is C16H18FNO2. The van der Waals surface area contributed by atoms with Gasteiger partial charge in [-0.3, -0.25) is 0 Å². The van der Waals surface area contributed by atoms with Crippen molar-refractivity contribution in [1.29, 1.82) is 0 Å². The molecule has 0 saturated heterocycles. The Morgan fingerprint density at radius 2 is 2.20 bits per heavy atom. The van der Waals surface area contributed by atoms with Crippen LogP contribution in [-0.4, -0.2) is 17.1 Å². The van der Waals surface area contributed by atoms with Crippen LogP contribution >= 0.6 is 0 Å². The number of aromatic carboxylic acids is 1. The van der Waals surface area contributed by atoms with E-state index < -0.39 is 11.8 Å². The first-order valence-corrected chi connectivity index (χ1v) is 7.02. The molecule has 1 aromatic carbocycles. The number of carbonyl (C=O) groups is 1. The van der Waals surface area contributed by atoms with Crippen molar-refractivity contribution in [3.8, 4) is 0 Å². The molecule has 4 unspecified atom stereocenters. The summed E-state index contributed by atoms with van der Waals surface area (Å²) in [5, 5.41) is 12.3. The van der Waals surface area contributed by atoms with Gasteiger partial charge in [-0.05, 0) is 55.7 Å². The van der Waals surface area contributed by atoms with Crippen molar-refractivity contribution in [3.63, 3.8) is 0 Å². The Balaban J connectivity index is 1.73. The van der Waals surface area contributed by atoms with E-state index in [0.717, 1.165) is 0 Å². The summed E-state index contributed by atoms with van der Waals surface area (Å²) < 4.78 is 13.4. The van der Waals surface area contributed by atoms with Gasteiger partial charge in [-0.1, -0.05) is 12.2 Å². The maximum atomic E-state index is 13.4. The second kappa shape index (κ2) is 4.93. The summed E-state index contributed by atoms with van der Waals surface area (Å²) in [6.45, 7) is 2.11. The first-order chi connectivity index (χ1) is 9.54. The van der Waals surface area contributed by atoms with Crippen LogP contribution < -0.4 is 5.32 Å². The fourth-order valence-corrected chi connectivity index (χ4v) is 3.55. The molecule has 106 valence electrons. The minimum atomic E-state index is -1.23. The Kier molecular flexibility index (Phi) is 3.24. The van der Waals surface area contributed by atoms with Gasteiger partial charge < -0.3 is 10.4 Å². The summed E-state index contributed by atoms with van der Waals surface area (Å²) in [6, 6.07) is 4.43. The second-order valence-electron chi connectivity index (χ2n) is 5.88. The number of anilines is 1. The normalized spacial score (nSPS) is 28.6. The van der Waals surface area contributed by atoms with Crippen molar-refractivity contribution < 1.29 is 14.3 Å². The second-order valence-corrected chi connectivity index (χ2v) is 5.88. The third-order valence-corrected chi connectivity index (χ3v) is 4.56. The molecule has 2 N–H and O–H groups in total. The lowest BCUT2D eigenvalue weighted by Crippen LogP contribution is -2.28. The predicted octanol–water partition coefficient (Wildman–Crippen LogP) is 3.54. The predicted molar refractivity (Wildman–Crippen MR) is 75.3 cm³/mol. The lowest BCUT2D eigenvalue weighted by Gasteiger charge is -2.27. The van der Waals surface area contributed by atoms with Crippen LogP contribution in [0.2, 0.25) is 0 Å². The molecule has 0 heterocycles. The summed E-state index contributed by atoms with van der Waals surface area (Å²) in [5.74, 6) is -0.0255. The van der Waals surface area contributed by atoms with Crippen LogP contribution in [0, 0.1) is 23.6 Å². The molecule has 0 spiro atoms. The SMILES string of the molecule is CC(Nc1ccc(F)c(C(=O)O)c1)C1CC2C=CC1C2. The van der Waals surface area contributed by atoms with E-state index in [0.29, 0.717) is 23.4 Å². The number of halogens is 1. The first kappa shape index (κ1) is 13.2. The number of hydrogen-bond donors (Lipinski definition) is 2. The van der Waals surface area contributed by atoms with Crippen LogP contribution in [-0.2, 0) is 0 Å². The van der Waals surface area contributed by atoms with Crippen LogP contribution in [0.5, 0.6) is 0 Å². The average Bonchev–Trinajstić information content (AvgIpc) is 3.03.